The van der Waals surface area contributed by atoms with Gasteiger partial charge >= 0.3 is 0 Å². The second-order valence-corrected chi connectivity index (χ2v) is 33.8. The Morgan fingerprint density at radius 3 is 0.820 bits per heavy atom. The summed E-state index contributed by atoms with van der Waals surface area (Å²) in [7, 11) is 0. The van der Waals surface area contributed by atoms with Crippen LogP contribution in [0.1, 0.15) is 0 Å². The van der Waals surface area contributed by atoms with Gasteiger partial charge in [-0.1, -0.05) is 291 Å². The van der Waals surface area contributed by atoms with Crippen molar-refractivity contribution in [2.24, 2.45) is 0 Å². The molecule has 27 aromatic rings. The first-order chi connectivity index (χ1) is 63.5. The summed E-state index contributed by atoms with van der Waals surface area (Å²) in [6.45, 7) is 0. The largest absolute Gasteiger partial charge is 0.311 e. The molecular formula is C122H78N6. The second kappa shape index (κ2) is 29.3. The molecule has 0 fully saturated rings. The average Bonchev–Trinajstić information content (AvgIpc) is 1.46. The molecular weight excluding hydrogens is 1550 g/mol. The van der Waals surface area contributed by atoms with E-state index in [1.807, 2.05) is 0 Å². The Morgan fingerprint density at radius 2 is 0.414 bits per heavy atom. The summed E-state index contributed by atoms with van der Waals surface area (Å²) in [6.07, 6.45) is 0. The van der Waals surface area contributed by atoms with Gasteiger partial charge in [-0.3, -0.25) is 0 Å². The zero-order valence-electron chi connectivity index (χ0n) is 69.7. The predicted molar refractivity (Wildman–Crippen MR) is 543 cm³/mol. The van der Waals surface area contributed by atoms with Crippen molar-refractivity contribution in [1.82, 2.24) is 18.3 Å². The third-order valence-electron chi connectivity index (χ3n) is 26.8. The number of benzene rings is 23. The summed E-state index contributed by atoms with van der Waals surface area (Å²) < 4.78 is 9.78. The minimum absolute atomic E-state index is 1.12. The first-order valence-corrected chi connectivity index (χ1v) is 44.1. The Labute approximate surface area is 738 Å². The van der Waals surface area contributed by atoms with Crippen molar-refractivity contribution in [3.63, 3.8) is 0 Å². The van der Waals surface area contributed by atoms with Crippen LogP contribution in [0.5, 0.6) is 0 Å². The van der Waals surface area contributed by atoms with Crippen molar-refractivity contribution in [2.45, 2.75) is 0 Å². The van der Waals surface area contributed by atoms with E-state index in [4.69, 9.17) is 0 Å². The number of para-hydroxylation sites is 10. The van der Waals surface area contributed by atoms with Crippen molar-refractivity contribution in [1.29, 1.82) is 0 Å². The molecule has 6 nitrogen and oxygen atoms in total. The topological polar surface area (TPSA) is 26.2 Å². The number of hydrogen-bond acceptors (Lipinski definition) is 2. The number of rotatable bonds is 13. The average molecular weight is 1630 g/mol. The zero-order chi connectivity index (χ0) is 84.0. The molecule has 0 radical (unpaired) electrons. The Hall–Kier alpha value is -17.1. The van der Waals surface area contributed by atoms with Gasteiger partial charge in [-0.2, -0.15) is 0 Å². The monoisotopic (exact) mass is 1630 g/mol. The Bertz CT molecular complexity index is 8880. The standard InChI is InChI=1S/C64H41N3.C58H37N3/c1-5-15-47(16-6-1)65(48-17-7-2-8-18-48)51-32-25-42(26-33-51)52-34-27-43-28-36-55-63-46(29-35-54(52)62(43)63)41-58-57-40-45(31-38-61(57)67(64(55)58)50-21-11-4-12-22-50)44-30-37-60-56(39-44)53-23-13-14-24-59(53)66(60)49-19-9-3-10-20-49;1-4-14-41(15-5-1)59(42-16-6-2-7-17-42)44-29-24-38(25-30-44)46-32-26-39-27-34-50-57-40(28-33-49(46)56(39)57)36-52-51-37-45(31-35-55(51)61(58(50)52)43-18-8-3-9-19-43)60-53-22-12-10-20-47(53)48-21-11-13-23-54(48)60/h1-41H;1-37H. The van der Waals surface area contributed by atoms with E-state index < -0.39 is 0 Å². The molecule has 0 saturated heterocycles. The van der Waals surface area contributed by atoms with E-state index >= 15 is 0 Å². The number of hydrogen-bond donors (Lipinski definition) is 0. The Kier molecular flexibility index (Phi) is 16.6. The fourth-order valence-corrected chi connectivity index (χ4v) is 21.2. The number of fused-ring (bicyclic) bond motifs is 14. The minimum Gasteiger partial charge on any atom is -0.311 e. The molecule has 0 spiro atoms. The van der Waals surface area contributed by atoms with Crippen molar-refractivity contribution < 1.29 is 0 Å². The predicted octanol–water partition coefficient (Wildman–Crippen LogP) is 33.5. The van der Waals surface area contributed by atoms with Crippen LogP contribution in [0.25, 0.3) is 208 Å². The molecule has 596 valence electrons. The highest BCUT2D eigenvalue weighted by molar-refractivity contribution is 6.35. The molecule has 0 aliphatic heterocycles. The molecule has 0 atom stereocenters. The van der Waals surface area contributed by atoms with Crippen molar-refractivity contribution in [3.8, 4) is 56.1 Å². The van der Waals surface area contributed by atoms with Gasteiger partial charge in [-0.15, -0.1) is 0 Å². The van der Waals surface area contributed by atoms with Crippen molar-refractivity contribution in [3.05, 3.63) is 473 Å². The maximum absolute atomic E-state index is 2.49. The highest BCUT2D eigenvalue weighted by Crippen LogP contribution is 2.51. The van der Waals surface area contributed by atoms with Crippen molar-refractivity contribution >= 4 is 186 Å². The lowest BCUT2D eigenvalue weighted by molar-refractivity contribution is 1.17. The van der Waals surface area contributed by atoms with Crippen molar-refractivity contribution in [2.75, 3.05) is 9.80 Å². The van der Waals surface area contributed by atoms with Crippen LogP contribution in [0.4, 0.5) is 34.1 Å². The van der Waals surface area contributed by atoms with Gasteiger partial charge in [0.15, 0.2) is 0 Å². The Balaban J connectivity index is 0.000000136. The summed E-state index contributed by atoms with van der Waals surface area (Å²) in [6, 6.07) is 173. The summed E-state index contributed by atoms with van der Waals surface area (Å²) in [5.41, 5.74) is 28.4. The Morgan fingerprint density at radius 1 is 0.141 bits per heavy atom. The fraction of sp³-hybridized carbons (Fsp3) is 0. The minimum atomic E-state index is 1.12. The summed E-state index contributed by atoms with van der Waals surface area (Å²) >= 11 is 0. The molecule has 0 aliphatic rings. The molecule has 0 unspecified atom stereocenters. The third-order valence-corrected chi connectivity index (χ3v) is 26.8. The molecule has 6 heteroatoms. The van der Waals surface area contributed by atoms with E-state index in [1.54, 1.807) is 0 Å². The number of anilines is 6. The van der Waals surface area contributed by atoms with Gasteiger partial charge in [0.25, 0.3) is 0 Å². The lowest BCUT2D eigenvalue weighted by Gasteiger charge is -2.25. The van der Waals surface area contributed by atoms with Gasteiger partial charge in [0.05, 0.1) is 44.1 Å². The van der Waals surface area contributed by atoms with Crippen LogP contribution in [0.15, 0.2) is 473 Å². The van der Waals surface area contributed by atoms with Crippen LogP contribution in [-0.4, -0.2) is 18.3 Å². The van der Waals surface area contributed by atoms with Crippen LogP contribution in [0.3, 0.4) is 0 Å². The summed E-state index contributed by atoms with van der Waals surface area (Å²) in [4.78, 5) is 4.63. The molecule has 128 heavy (non-hydrogen) atoms. The molecule has 0 N–H and O–H groups in total. The van der Waals surface area contributed by atoms with E-state index in [1.165, 1.54) is 191 Å². The molecule has 4 aromatic heterocycles. The van der Waals surface area contributed by atoms with E-state index in [0.29, 0.717) is 0 Å². The van der Waals surface area contributed by atoms with Gasteiger partial charge in [-0.25, -0.2) is 0 Å². The quantitative estimate of drug-likeness (QED) is 0.108. The molecule has 27 rings (SSSR count). The maximum atomic E-state index is 2.49. The van der Waals surface area contributed by atoms with Gasteiger partial charge < -0.3 is 28.1 Å². The smallest absolute Gasteiger partial charge is 0.0620 e. The van der Waals surface area contributed by atoms with E-state index in [9.17, 15) is 0 Å². The third kappa shape index (κ3) is 11.5. The SMILES string of the molecule is c1ccc(N(c2ccccc2)c2ccc(-c3ccc4ccc5c6c(ccc3c46)cc3c4cc(-c6ccc7c(c6)c6ccccc6n7-c6ccccc6)ccc4n(-c4ccccc4)c35)cc2)cc1.c1ccc(N(c2ccccc2)c2ccc(-c3ccc4ccc5c6c(ccc3c46)cc3c4cc(-n6c7ccccc7c7ccccc76)ccc4n(-c4ccccc4)c35)cc2)cc1. The zero-order valence-corrected chi connectivity index (χ0v) is 69.7. The van der Waals surface area contributed by atoms with E-state index in [2.05, 4.69) is 501 Å². The molecule has 0 bridgehead atoms. The molecule has 0 saturated carbocycles. The first-order valence-electron chi connectivity index (χ1n) is 44.1. The van der Waals surface area contributed by atoms with E-state index in [-0.39, 0.29) is 0 Å². The fourth-order valence-electron chi connectivity index (χ4n) is 21.2. The van der Waals surface area contributed by atoms with Gasteiger partial charge in [0.1, 0.15) is 0 Å². The number of nitrogens with zero attached hydrogens (tertiary/aromatic N) is 6. The van der Waals surface area contributed by atoms with E-state index in [0.717, 1.165) is 51.2 Å². The van der Waals surface area contributed by atoms with Crippen LogP contribution in [0, 0.1) is 0 Å². The van der Waals surface area contributed by atoms with Crippen LogP contribution >= 0.6 is 0 Å². The van der Waals surface area contributed by atoms with Crippen LogP contribution < -0.4 is 9.80 Å². The molecule has 0 amide bonds. The first kappa shape index (κ1) is 72.6. The maximum Gasteiger partial charge on any atom is 0.0620 e. The lowest BCUT2D eigenvalue weighted by atomic mass is 9.88. The summed E-state index contributed by atoms with van der Waals surface area (Å²) in [5.74, 6) is 0. The van der Waals surface area contributed by atoms with Gasteiger partial charge in [-0.05, 0) is 269 Å². The molecule has 23 aromatic carbocycles. The highest BCUT2D eigenvalue weighted by Gasteiger charge is 2.26. The van der Waals surface area contributed by atoms with Gasteiger partial charge in [0, 0.05) is 111 Å². The molecule has 4 heterocycles. The van der Waals surface area contributed by atoms with Crippen LogP contribution in [-0.2, 0) is 0 Å². The highest BCUT2D eigenvalue weighted by atomic mass is 15.1. The lowest BCUT2D eigenvalue weighted by Crippen LogP contribution is -2.09. The molecule has 0 aliphatic carbocycles. The number of aromatic nitrogens is 4. The second-order valence-electron chi connectivity index (χ2n) is 33.8. The van der Waals surface area contributed by atoms with Gasteiger partial charge in [0.2, 0.25) is 0 Å². The normalized spacial score (nSPS) is 11.9. The van der Waals surface area contributed by atoms with Crippen LogP contribution in [0.2, 0.25) is 0 Å². The summed E-state index contributed by atoms with van der Waals surface area (Å²) in [5, 5.41) is 25.3.